The molecule has 0 saturated carbocycles. The largest absolute Gasteiger partial charge is 0.308 e. The number of nitrogens with zero attached hydrogens (tertiary/aromatic N) is 1. The van der Waals surface area contributed by atoms with Crippen LogP contribution in [0.25, 0.3) is 62.2 Å². The first-order chi connectivity index (χ1) is 27.8. The molecule has 0 spiro atoms. The molecule has 0 saturated heterocycles. The number of hydrogen-bond donors (Lipinski definition) is 0. The molecule has 0 atom stereocenters. The van der Waals surface area contributed by atoms with E-state index in [0.29, 0.717) is 0 Å². The second-order valence-electron chi connectivity index (χ2n) is 14.8. The molecule has 0 amide bonds. The van der Waals surface area contributed by atoms with Gasteiger partial charge in [0.25, 0.3) is 0 Å². The van der Waals surface area contributed by atoms with E-state index in [9.17, 15) is 0 Å². The van der Waals surface area contributed by atoms with Crippen LogP contribution in [0.3, 0.4) is 0 Å². The number of rotatable bonds is 5. The molecule has 0 bridgehead atoms. The molecule has 0 fully saturated rings. The smallest absolute Gasteiger partial charge is 0.0714 e. The normalized spacial score (nSPS) is 13.1. The molecule has 0 aliphatic heterocycles. The highest BCUT2D eigenvalue weighted by atomic mass is 32.1. The van der Waals surface area contributed by atoms with E-state index >= 15 is 0 Å². The molecule has 0 radical (unpaired) electrons. The van der Waals surface area contributed by atoms with Gasteiger partial charge in [0, 0.05) is 46.9 Å². The van der Waals surface area contributed by atoms with Gasteiger partial charge in [-0.3, -0.25) is 0 Å². The number of hydrogen-bond acceptors (Lipinski definition) is 3. The van der Waals surface area contributed by atoms with Crippen molar-refractivity contribution in [3.8, 4) is 11.1 Å². The minimum Gasteiger partial charge on any atom is -0.308 e. The molecule has 0 unspecified atom stereocenters. The van der Waals surface area contributed by atoms with Crippen LogP contribution in [0, 0.1) is 0 Å². The molecule has 262 valence electrons. The molecule has 2 aromatic heterocycles. The molecule has 56 heavy (non-hydrogen) atoms. The maximum Gasteiger partial charge on any atom is 0.0714 e. The maximum atomic E-state index is 2.56. The molecule has 12 rings (SSSR count). The quantitative estimate of drug-likeness (QED) is 0.169. The zero-order valence-electron chi connectivity index (χ0n) is 30.3. The third-order valence-corrected chi connectivity index (χ3v) is 14.3. The molecule has 1 aliphatic rings. The lowest BCUT2D eigenvalue weighted by molar-refractivity contribution is 0.768. The van der Waals surface area contributed by atoms with Crippen LogP contribution in [0.15, 0.2) is 200 Å². The van der Waals surface area contributed by atoms with E-state index in [1.165, 1.54) is 95.9 Å². The summed E-state index contributed by atoms with van der Waals surface area (Å²) in [6.07, 6.45) is 0. The summed E-state index contributed by atoms with van der Waals surface area (Å²) in [6.45, 7) is 0. The van der Waals surface area contributed by atoms with Crippen LogP contribution >= 0.6 is 22.7 Å². The Labute approximate surface area is 333 Å². The summed E-state index contributed by atoms with van der Waals surface area (Å²) >= 11 is 3.79. The third kappa shape index (κ3) is 4.41. The predicted molar refractivity (Wildman–Crippen MR) is 242 cm³/mol. The van der Waals surface area contributed by atoms with Crippen LogP contribution in [0.4, 0.5) is 17.1 Å². The van der Waals surface area contributed by atoms with Crippen molar-refractivity contribution in [3.63, 3.8) is 0 Å². The number of anilines is 3. The number of thiophene rings is 2. The van der Waals surface area contributed by atoms with Crippen molar-refractivity contribution in [2.24, 2.45) is 0 Å². The van der Waals surface area contributed by atoms with Gasteiger partial charge in [0.05, 0.1) is 21.5 Å². The van der Waals surface area contributed by atoms with Gasteiger partial charge in [0.2, 0.25) is 0 Å². The SMILES string of the molecule is c1ccc(C2(c3ccccc3)c3ccccc3-c3c(N(c4ccc5c(c4)sc4ccccc45)c4cccc5c4sc4c6ccccc6ccc54)cccc32)cc1. The summed E-state index contributed by atoms with van der Waals surface area (Å²) < 4.78 is 5.23. The summed E-state index contributed by atoms with van der Waals surface area (Å²) in [7, 11) is 0. The Bertz CT molecular complexity index is 3280. The molecule has 1 aliphatic carbocycles. The van der Waals surface area contributed by atoms with E-state index in [1.54, 1.807) is 0 Å². The Morgan fingerprint density at radius 1 is 0.375 bits per heavy atom. The van der Waals surface area contributed by atoms with Crippen LogP contribution in [-0.4, -0.2) is 0 Å². The van der Waals surface area contributed by atoms with Gasteiger partial charge in [-0.25, -0.2) is 0 Å². The molecular weight excluding hydrogens is 715 g/mol. The lowest BCUT2D eigenvalue weighted by atomic mass is 9.68. The highest BCUT2D eigenvalue weighted by Crippen LogP contribution is 2.60. The lowest BCUT2D eigenvalue weighted by Crippen LogP contribution is -2.28. The van der Waals surface area contributed by atoms with Crippen molar-refractivity contribution in [1.29, 1.82) is 0 Å². The number of benzene rings is 9. The van der Waals surface area contributed by atoms with Gasteiger partial charge in [0.1, 0.15) is 0 Å². The van der Waals surface area contributed by atoms with Crippen molar-refractivity contribution in [3.05, 3.63) is 222 Å². The van der Waals surface area contributed by atoms with Crippen molar-refractivity contribution in [1.82, 2.24) is 0 Å². The first kappa shape index (κ1) is 31.8. The van der Waals surface area contributed by atoms with Gasteiger partial charge >= 0.3 is 0 Å². The van der Waals surface area contributed by atoms with Gasteiger partial charge in [0.15, 0.2) is 0 Å². The van der Waals surface area contributed by atoms with Crippen LogP contribution in [0.5, 0.6) is 0 Å². The lowest BCUT2D eigenvalue weighted by Gasteiger charge is -2.34. The first-order valence-corrected chi connectivity index (χ1v) is 20.8. The zero-order valence-corrected chi connectivity index (χ0v) is 31.9. The molecule has 1 nitrogen and oxygen atoms in total. The van der Waals surface area contributed by atoms with Crippen molar-refractivity contribution in [2.45, 2.75) is 5.41 Å². The van der Waals surface area contributed by atoms with Crippen LogP contribution < -0.4 is 4.90 Å². The van der Waals surface area contributed by atoms with Crippen LogP contribution in [-0.2, 0) is 5.41 Å². The van der Waals surface area contributed by atoms with Crippen molar-refractivity contribution in [2.75, 3.05) is 4.90 Å². The Balaban J connectivity index is 1.20. The van der Waals surface area contributed by atoms with Gasteiger partial charge in [-0.15, -0.1) is 22.7 Å². The summed E-state index contributed by atoms with van der Waals surface area (Å²) in [5.74, 6) is 0. The number of fused-ring (bicyclic) bond motifs is 11. The van der Waals surface area contributed by atoms with E-state index in [2.05, 4.69) is 205 Å². The zero-order chi connectivity index (χ0) is 36.8. The van der Waals surface area contributed by atoms with E-state index in [1.807, 2.05) is 22.7 Å². The minimum absolute atomic E-state index is 0.492. The molecule has 0 N–H and O–H groups in total. The predicted octanol–water partition coefficient (Wildman–Crippen LogP) is 15.4. The highest BCUT2D eigenvalue weighted by Gasteiger charge is 2.47. The fourth-order valence-electron chi connectivity index (χ4n) is 9.61. The van der Waals surface area contributed by atoms with Gasteiger partial charge in [-0.1, -0.05) is 170 Å². The third-order valence-electron chi connectivity index (χ3n) is 11.9. The van der Waals surface area contributed by atoms with Gasteiger partial charge in [-0.05, 0) is 68.9 Å². The highest BCUT2D eigenvalue weighted by molar-refractivity contribution is 7.27. The second kappa shape index (κ2) is 12.2. The van der Waals surface area contributed by atoms with Crippen molar-refractivity contribution < 1.29 is 0 Å². The standard InChI is InChI=1S/C53H33NS2/c1-3-16-35(17-4-1)53(36-18-5-2-6-19-36)44-24-11-9-22-43(44)50-45(53)25-14-26-46(50)54(37-30-32-40-39-21-10-12-28-48(39)55-49(40)33-37)47-27-13-23-41-42-31-29-34-15-7-8-20-38(34)51(42)56-52(41)47/h1-33H. The summed E-state index contributed by atoms with van der Waals surface area (Å²) in [5, 5.41) is 7.79. The minimum atomic E-state index is -0.492. The van der Waals surface area contributed by atoms with Gasteiger partial charge in [-0.2, -0.15) is 0 Å². The van der Waals surface area contributed by atoms with E-state index in [0.717, 1.165) is 5.69 Å². The maximum absolute atomic E-state index is 2.56. The van der Waals surface area contributed by atoms with E-state index in [-0.39, 0.29) is 0 Å². The Morgan fingerprint density at radius 2 is 0.982 bits per heavy atom. The fourth-order valence-corrected chi connectivity index (χ4v) is 12.1. The monoisotopic (exact) mass is 747 g/mol. The summed E-state index contributed by atoms with van der Waals surface area (Å²) in [5.41, 5.74) is 10.7. The Morgan fingerprint density at radius 3 is 1.82 bits per heavy atom. The fraction of sp³-hybridized carbons (Fsp3) is 0.0189. The van der Waals surface area contributed by atoms with Gasteiger partial charge < -0.3 is 4.90 Å². The molecule has 3 heteroatoms. The second-order valence-corrected chi connectivity index (χ2v) is 16.9. The molecule has 2 heterocycles. The average Bonchev–Trinajstić information content (AvgIpc) is 3.93. The average molecular weight is 748 g/mol. The molecular formula is C53H33NS2. The van der Waals surface area contributed by atoms with E-state index in [4.69, 9.17) is 0 Å². The summed E-state index contributed by atoms with van der Waals surface area (Å²) in [6, 6.07) is 74.5. The van der Waals surface area contributed by atoms with Crippen LogP contribution in [0.2, 0.25) is 0 Å². The van der Waals surface area contributed by atoms with Crippen molar-refractivity contribution >= 4 is 90.9 Å². The Kier molecular flexibility index (Phi) is 6.95. The van der Waals surface area contributed by atoms with Crippen LogP contribution in [0.1, 0.15) is 22.3 Å². The topological polar surface area (TPSA) is 3.24 Å². The Hall–Kier alpha value is -6.52. The first-order valence-electron chi connectivity index (χ1n) is 19.2. The molecule has 9 aromatic carbocycles. The van der Waals surface area contributed by atoms with E-state index < -0.39 is 5.41 Å². The summed E-state index contributed by atoms with van der Waals surface area (Å²) in [4.78, 5) is 2.56. The molecule has 11 aromatic rings.